The zero-order valence-corrected chi connectivity index (χ0v) is 17.0. The lowest BCUT2D eigenvalue weighted by Gasteiger charge is -2.36. The third kappa shape index (κ3) is 5.29. The molecular weight excluding hydrogens is 411 g/mol. The van der Waals surface area contributed by atoms with E-state index >= 15 is 0 Å². The first-order valence-corrected chi connectivity index (χ1v) is 8.64. The first kappa shape index (κ1) is 19.5. The molecule has 0 spiro atoms. The van der Waals surface area contributed by atoms with Crippen LogP contribution in [-0.4, -0.2) is 56.3 Å². The molecule has 6 nitrogen and oxygen atoms in total. The third-order valence-corrected chi connectivity index (χ3v) is 5.19. The van der Waals surface area contributed by atoms with Gasteiger partial charge >= 0.3 is 0 Å². The lowest BCUT2D eigenvalue weighted by molar-refractivity contribution is 0.380. The standard InChI is InChI=1S/C14H26N6S.HI/c1-5-15-14(16-8-13-18-17-10-19(13)4)20-6-7-21-12(9-20)11(2)3;/h10-12H,5-9H2,1-4H3,(H,15,16);1H. The van der Waals surface area contributed by atoms with Gasteiger partial charge in [0.15, 0.2) is 11.8 Å². The number of thioether (sulfide) groups is 1. The minimum absolute atomic E-state index is 0. The van der Waals surface area contributed by atoms with Crippen LogP contribution in [0, 0.1) is 5.92 Å². The molecule has 1 aromatic rings. The van der Waals surface area contributed by atoms with E-state index in [0.717, 1.165) is 37.2 Å². The highest BCUT2D eigenvalue weighted by Crippen LogP contribution is 2.24. The van der Waals surface area contributed by atoms with E-state index in [2.05, 4.69) is 52.9 Å². The largest absolute Gasteiger partial charge is 0.357 e. The molecule has 1 aliphatic rings. The molecule has 1 unspecified atom stereocenters. The van der Waals surface area contributed by atoms with Gasteiger partial charge in [-0.15, -0.1) is 34.2 Å². The smallest absolute Gasteiger partial charge is 0.194 e. The predicted octanol–water partition coefficient (Wildman–Crippen LogP) is 1.97. The second kappa shape index (κ2) is 9.59. The van der Waals surface area contributed by atoms with E-state index in [-0.39, 0.29) is 24.0 Å². The van der Waals surface area contributed by atoms with Crippen LogP contribution in [-0.2, 0) is 13.6 Å². The molecular formula is C14H27IN6S. The van der Waals surface area contributed by atoms with Gasteiger partial charge in [0.2, 0.25) is 0 Å². The molecule has 0 bridgehead atoms. The number of aryl methyl sites for hydroxylation is 1. The van der Waals surface area contributed by atoms with Crippen molar-refractivity contribution in [2.45, 2.75) is 32.6 Å². The van der Waals surface area contributed by atoms with Crippen LogP contribution in [0.25, 0.3) is 0 Å². The average molecular weight is 438 g/mol. The zero-order valence-electron chi connectivity index (χ0n) is 13.8. The molecule has 0 radical (unpaired) electrons. The van der Waals surface area contributed by atoms with Crippen LogP contribution in [0.4, 0.5) is 0 Å². The molecule has 2 rings (SSSR count). The third-order valence-electron chi connectivity index (χ3n) is 3.65. The second-order valence-corrected chi connectivity index (χ2v) is 6.97. The van der Waals surface area contributed by atoms with Crippen molar-refractivity contribution in [1.29, 1.82) is 0 Å². The van der Waals surface area contributed by atoms with E-state index in [9.17, 15) is 0 Å². The van der Waals surface area contributed by atoms with Gasteiger partial charge in [0.05, 0.1) is 0 Å². The molecule has 22 heavy (non-hydrogen) atoms. The number of guanidine groups is 1. The minimum Gasteiger partial charge on any atom is -0.357 e. The average Bonchev–Trinajstić information content (AvgIpc) is 2.89. The van der Waals surface area contributed by atoms with E-state index in [1.54, 1.807) is 6.33 Å². The lowest BCUT2D eigenvalue weighted by atomic mass is 10.1. The maximum Gasteiger partial charge on any atom is 0.194 e. The van der Waals surface area contributed by atoms with Crippen molar-refractivity contribution in [1.82, 2.24) is 25.0 Å². The van der Waals surface area contributed by atoms with Crippen LogP contribution in [0.1, 0.15) is 26.6 Å². The number of rotatable bonds is 4. The maximum absolute atomic E-state index is 4.73. The SMILES string of the molecule is CCNC(=NCc1nncn1C)N1CCSC(C(C)C)C1.I. The van der Waals surface area contributed by atoms with Gasteiger partial charge < -0.3 is 14.8 Å². The quantitative estimate of drug-likeness (QED) is 0.443. The van der Waals surface area contributed by atoms with Crippen molar-refractivity contribution in [2.75, 3.05) is 25.4 Å². The first-order valence-electron chi connectivity index (χ1n) is 7.59. The molecule has 8 heteroatoms. The fourth-order valence-electron chi connectivity index (χ4n) is 2.29. The zero-order chi connectivity index (χ0) is 15.2. The predicted molar refractivity (Wildman–Crippen MR) is 104 cm³/mol. The Balaban J connectivity index is 0.00000242. The fraction of sp³-hybridized carbons (Fsp3) is 0.786. The van der Waals surface area contributed by atoms with Crippen LogP contribution in [0.3, 0.4) is 0 Å². The molecule has 1 saturated heterocycles. The van der Waals surface area contributed by atoms with Gasteiger partial charge in [0, 0.05) is 37.7 Å². The Hall–Kier alpha value is -0.510. The minimum atomic E-state index is 0. The van der Waals surface area contributed by atoms with Crippen LogP contribution >= 0.6 is 35.7 Å². The van der Waals surface area contributed by atoms with Gasteiger partial charge in [-0.05, 0) is 12.8 Å². The van der Waals surface area contributed by atoms with E-state index in [1.807, 2.05) is 11.6 Å². The number of halogens is 1. The van der Waals surface area contributed by atoms with Crippen molar-refractivity contribution in [3.05, 3.63) is 12.2 Å². The number of hydrogen-bond acceptors (Lipinski definition) is 4. The van der Waals surface area contributed by atoms with Crippen LogP contribution < -0.4 is 5.32 Å². The summed E-state index contributed by atoms with van der Waals surface area (Å²) in [5.41, 5.74) is 0. The monoisotopic (exact) mass is 438 g/mol. The van der Waals surface area contributed by atoms with Crippen LogP contribution in [0.15, 0.2) is 11.3 Å². The second-order valence-electron chi connectivity index (χ2n) is 5.63. The highest BCUT2D eigenvalue weighted by molar-refractivity contribution is 14.0. The highest BCUT2D eigenvalue weighted by atomic mass is 127. The van der Waals surface area contributed by atoms with Crippen molar-refractivity contribution in [2.24, 2.45) is 18.0 Å². The van der Waals surface area contributed by atoms with Crippen molar-refractivity contribution >= 4 is 41.7 Å². The Kier molecular flexibility index (Phi) is 8.52. The molecule has 1 aliphatic heterocycles. The summed E-state index contributed by atoms with van der Waals surface area (Å²) >= 11 is 2.08. The Bertz CT molecular complexity index is 476. The van der Waals surface area contributed by atoms with Gasteiger partial charge in [-0.3, -0.25) is 0 Å². The highest BCUT2D eigenvalue weighted by Gasteiger charge is 2.24. The summed E-state index contributed by atoms with van der Waals surface area (Å²) in [6.45, 7) is 10.3. The van der Waals surface area contributed by atoms with Crippen molar-refractivity contribution < 1.29 is 0 Å². The molecule has 1 N–H and O–H groups in total. The Morgan fingerprint density at radius 3 is 2.91 bits per heavy atom. The Morgan fingerprint density at radius 1 is 1.55 bits per heavy atom. The summed E-state index contributed by atoms with van der Waals surface area (Å²) in [5, 5.41) is 12.1. The van der Waals surface area contributed by atoms with Crippen LogP contribution in [0.5, 0.6) is 0 Å². The lowest BCUT2D eigenvalue weighted by Crippen LogP contribution is -2.49. The number of nitrogens with zero attached hydrogens (tertiary/aromatic N) is 5. The summed E-state index contributed by atoms with van der Waals surface area (Å²) in [6, 6.07) is 0. The number of aromatic nitrogens is 3. The van der Waals surface area contributed by atoms with E-state index in [0.29, 0.717) is 17.7 Å². The van der Waals surface area contributed by atoms with E-state index < -0.39 is 0 Å². The molecule has 0 saturated carbocycles. The normalized spacial score (nSPS) is 19.2. The molecule has 1 aromatic heterocycles. The Morgan fingerprint density at radius 2 is 2.32 bits per heavy atom. The topological polar surface area (TPSA) is 58.3 Å². The molecule has 2 heterocycles. The number of nitrogens with one attached hydrogen (secondary N) is 1. The summed E-state index contributed by atoms with van der Waals surface area (Å²) < 4.78 is 1.91. The summed E-state index contributed by atoms with van der Waals surface area (Å²) in [4.78, 5) is 7.11. The molecule has 0 amide bonds. The fourth-order valence-corrected chi connectivity index (χ4v) is 3.59. The molecule has 1 fully saturated rings. The molecule has 0 aromatic carbocycles. The summed E-state index contributed by atoms with van der Waals surface area (Å²) in [7, 11) is 1.95. The number of hydrogen-bond donors (Lipinski definition) is 1. The van der Waals surface area contributed by atoms with E-state index in [1.165, 1.54) is 0 Å². The number of aliphatic imine (C=N–C) groups is 1. The van der Waals surface area contributed by atoms with E-state index in [4.69, 9.17) is 4.99 Å². The van der Waals surface area contributed by atoms with Gasteiger partial charge in [0.25, 0.3) is 0 Å². The molecule has 1 atom stereocenters. The van der Waals surface area contributed by atoms with Crippen molar-refractivity contribution in [3.63, 3.8) is 0 Å². The van der Waals surface area contributed by atoms with Gasteiger partial charge in [-0.25, -0.2) is 4.99 Å². The Labute approximate surface area is 154 Å². The maximum atomic E-state index is 4.73. The van der Waals surface area contributed by atoms with Crippen molar-refractivity contribution in [3.8, 4) is 0 Å². The van der Waals surface area contributed by atoms with Crippen LogP contribution in [0.2, 0.25) is 0 Å². The summed E-state index contributed by atoms with van der Waals surface area (Å²) in [6.07, 6.45) is 1.71. The van der Waals surface area contributed by atoms with Gasteiger partial charge in [-0.2, -0.15) is 11.8 Å². The van der Waals surface area contributed by atoms with Gasteiger partial charge in [-0.1, -0.05) is 13.8 Å². The first-order chi connectivity index (χ1) is 10.1. The molecule has 0 aliphatic carbocycles. The van der Waals surface area contributed by atoms with Gasteiger partial charge in [0.1, 0.15) is 12.9 Å². The summed E-state index contributed by atoms with van der Waals surface area (Å²) in [5.74, 6) is 3.74. The molecule has 126 valence electrons.